The number of benzene rings is 1. The summed E-state index contributed by atoms with van der Waals surface area (Å²) in [6, 6.07) is 10.2. The van der Waals surface area contributed by atoms with Gasteiger partial charge in [0.1, 0.15) is 23.4 Å². The Morgan fingerprint density at radius 2 is 1.93 bits per heavy atom. The smallest absolute Gasteiger partial charge is 0.239 e. The Labute approximate surface area is 155 Å². The fourth-order valence-corrected chi connectivity index (χ4v) is 2.29. The normalized spacial score (nSPS) is 11.7. The molecule has 0 saturated carbocycles. The molecule has 3 aromatic rings. The molecule has 0 radical (unpaired) electrons. The van der Waals surface area contributed by atoms with E-state index in [9.17, 15) is 9.18 Å². The summed E-state index contributed by atoms with van der Waals surface area (Å²) in [6.45, 7) is 3.48. The molecule has 1 amide bonds. The third-order valence-electron chi connectivity index (χ3n) is 3.67. The first kappa shape index (κ1) is 18.2. The third kappa shape index (κ3) is 4.75. The van der Waals surface area contributed by atoms with Crippen LogP contribution >= 0.6 is 0 Å². The van der Waals surface area contributed by atoms with Crippen molar-refractivity contribution in [1.29, 1.82) is 0 Å². The van der Waals surface area contributed by atoms with E-state index in [1.165, 1.54) is 24.3 Å². The molecule has 0 spiro atoms. The van der Waals surface area contributed by atoms with Gasteiger partial charge < -0.3 is 15.8 Å². The molecule has 1 aromatic carbocycles. The van der Waals surface area contributed by atoms with Crippen LogP contribution in [0.15, 0.2) is 48.7 Å². The molecule has 7 nitrogen and oxygen atoms in total. The van der Waals surface area contributed by atoms with E-state index in [1.807, 2.05) is 6.92 Å². The second-order valence-electron chi connectivity index (χ2n) is 5.93. The van der Waals surface area contributed by atoms with Crippen LogP contribution in [-0.2, 0) is 4.79 Å². The second kappa shape index (κ2) is 7.77. The fraction of sp³-hybridized carbons (Fsp3) is 0.158. The van der Waals surface area contributed by atoms with Crippen molar-refractivity contribution in [2.24, 2.45) is 5.73 Å². The summed E-state index contributed by atoms with van der Waals surface area (Å²) in [5.41, 5.74) is 6.68. The summed E-state index contributed by atoms with van der Waals surface area (Å²) < 4.78 is 18.6. The number of halogens is 1. The molecule has 0 saturated heterocycles. The zero-order chi connectivity index (χ0) is 19.4. The number of aryl methyl sites for hydroxylation is 1. The number of aromatic nitrogens is 3. The number of hydrogen-bond donors (Lipinski definition) is 2. The number of carbonyl (C=O) groups is 1. The number of hydrogen-bond acceptors (Lipinski definition) is 6. The van der Waals surface area contributed by atoms with E-state index in [0.717, 1.165) is 5.69 Å². The number of nitrogens with zero attached hydrogens (tertiary/aromatic N) is 3. The van der Waals surface area contributed by atoms with Crippen molar-refractivity contribution in [3.05, 3.63) is 60.2 Å². The quantitative estimate of drug-likeness (QED) is 0.694. The van der Waals surface area contributed by atoms with Gasteiger partial charge in [0.15, 0.2) is 5.82 Å². The predicted octanol–water partition coefficient (Wildman–Crippen LogP) is 3.06. The lowest BCUT2D eigenvalue weighted by atomic mass is 10.2. The highest BCUT2D eigenvalue weighted by Crippen LogP contribution is 2.25. The lowest BCUT2D eigenvalue weighted by Gasteiger charge is -2.12. The van der Waals surface area contributed by atoms with Crippen LogP contribution < -0.4 is 15.8 Å². The van der Waals surface area contributed by atoms with Crippen molar-refractivity contribution in [1.82, 2.24) is 15.0 Å². The summed E-state index contributed by atoms with van der Waals surface area (Å²) in [5, 5.41) is 2.94. The Bertz CT molecular complexity index is 963. The highest BCUT2D eigenvalue weighted by molar-refractivity contribution is 5.82. The molecule has 138 valence electrons. The summed E-state index contributed by atoms with van der Waals surface area (Å²) >= 11 is 0. The zero-order valence-electron chi connectivity index (χ0n) is 14.8. The molecule has 3 rings (SSSR count). The van der Waals surface area contributed by atoms with Crippen LogP contribution in [0.2, 0.25) is 0 Å². The molecule has 0 aliphatic carbocycles. The van der Waals surface area contributed by atoms with Crippen molar-refractivity contribution in [2.45, 2.75) is 19.9 Å². The maximum Gasteiger partial charge on any atom is 0.239 e. The number of rotatable bonds is 6. The minimum absolute atomic E-state index is 0.323. The van der Waals surface area contributed by atoms with Crippen LogP contribution in [0.1, 0.15) is 12.6 Å². The number of primary amides is 1. The number of ether oxygens (including phenoxy) is 1. The van der Waals surface area contributed by atoms with E-state index in [2.05, 4.69) is 20.3 Å². The van der Waals surface area contributed by atoms with Gasteiger partial charge in [-0.15, -0.1) is 0 Å². The molecular formula is C19H18FN5O2. The van der Waals surface area contributed by atoms with Crippen molar-refractivity contribution >= 4 is 11.7 Å². The SMILES string of the molecule is Cc1cc(NC(C)C(N)=O)nc(-c2ccnc(Oc3ccc(F)cc3)c2)n1. The van der Waals surface area contributed by atoms with Gasteiger partial charge in [0.05, 0.1) is 0 Å². The number of nitrogens with two attached hydrogens (primary N) is 1. The molecule has 3 N–H and O–H groups in total. The first-order chi connectivity index (χ1) is 12.9. The molecule has 0 bridgehead atoms. The summed E-state index contributed by atoms with van der Waals surface area (Å²) in [7, 11) is 0. The number of pyridine rings is 1. The van der Waals surface area contributed by atoms with Crippen LogP contribution in [0, 0.1) is 12.7 Å². The molecule has 1 atom stereocenters. The van der Waals surface area contributed by atoms with Crippen molar-refractivity contribution in [3.8, 4) is 23.0 Å². The lowest BCUT2D eigenvalue weighted by molar-refractivity contribution is -0.118. The lowest BCUT2D eigenvalue weighted by Crippen LogP contribution is -2.32. The molecule has 0 aliphatic heterocycles. The van der Waals surface area contributed by atoms with Gasteiger partial charge in [-0.05, 0) is 44.2 Å². The number of carbonyl (C=O) groups excluding carboxylic acids is 1. The maximum atomic E-state index is 13.0. The highest BCUT2D eigenvalue weighted by Gasteiger charge is 2.12. The van der Waals surface area contributed by atoms with E-state index in [0.29, 0.717) is 28.8 Å². The number of anilines is 1. The van der Waals surface area contributed by atoms with E-state index in [4.69, 9.17) is 10.5 Å². The van der Waals surface area contributed by atoms with Gasteiger partial charge in [-0.25, -0.2) is 19.3 Å². The van der Waals surface area contributed by atoms with Crippen molar-refractivity contribution < 1.29 is 13.9 Å². The monoisotopic (exact) mass is 367 g/mol. The van der Waals surface area contributed by atoms with E-state index in [-0.39, 0.29) is 5.82 Å². The van der Waals surface area contributed by atoms with E-state index >= 15 is 0 Å². The fourth-order valence-electron chi connectivity index (χ4n) is 2.29. The first-order valence-electron chi connectivity index (χ1n) is 8.22. The van der Waals surface area contributed by atoms with Gasteiger partial charge in [-0.1, -0.05) is 0 Å². The zero-order valence-corrected chi connectivity index (χ0v) is 14.8. The first-order valence-corrected chi connectivity index (χ1v) is 8.22. The molecule has 27 heavy (non-hydrogen) atoms. The molecule has 0 aliphatic rings. The summed E-state index contributed by atoms with van der Waals surface area (Å²) in [4.78, 5) is 24.2. The largest absolute Gasteiger partial charge is 0.439 e. The van der Waals surface area contributed by atoms with Crippen LogP contribution in [0.5, 0.6) is 11.6 Å². The van der Waals surface area contributed by atoms with Crippen LogP contribution in [0.4, 0.5) is 10.2 Å². The Kier molecular flexibility index (Phi) is 5.25. The molecular weight excluding hydrogens is 349 g/mol. The topological polar surface area (TPSA) is 103 Å². The minimum atomic E-state index is -0.568. The Morgan fingerprint density at radius 1 is 1.19 bits per heavy atom. The standard InChI is InChI=1S/C19H18FN5O2/c1-11-9-16(24-12(2)18(21)26)25-19(23-11)13-7-8-22-17(10-13)27-15-5-3-14(20)4-6-15/h3-10,12H,1-2H3,(H2,21,26)(H,23,24,25). The van der Waals surface area contributed by atoms with Crippen molar-refractivity contribution in [3.63, 3.8) is 0 Å². The van der Waals surface area contributed by atoms with E-state index < -0.39 is 11.9 Å². The Morgan fingerprint density at radius 3 is 2.63 bits per heavy atom. The van der Waals surface area contributed by atoms with Gasteiger partial charge >= 0.3 is 0 Å². The molecule has 0 fully saturated rings. The Balaban J connectivity index is 1.86. The van der Waals surface area contributed by atoms with Gasteiger partial charge in [-0.2, -0.15) is 0 Å². The van der Waals surface area contributed by atoms with Crippen LogP contribution in [0.3, 0.4) is 0 Å². The second-order valence-corrected chi connectivity index (χ2v) is 5.93. The molecule has 1 unspecified atom stereocenters. The van der Waals surface area contributed by atoms with Gasteiger partial charge in [-0.3, -0.25) is 4.79 Å². The van der Waals surface area contributed by atoms with Crippen molar-refractivity contribution in [2.75, 3.05) is 5.32 Å². The maximum absolute atomic E-state index is 13.0. The summed E-state index contributed by atoms with van der Waals surface area (Å²) in [5.74, 6) is 0.893. The average Bonchev–Trinajstić information content (AvgIpc) is 2.63. The third-order valence-corrected chi connectivity index (χ3v) is 3.67. The van der Waals surface area contributed by atoms with Crippen LogP contribution in [0.25, 0.3) is 11.4 Å². The van der Waals surface area contributed by atoms with Gasteiger partial charge in [0.2, 0.25) is 11.8 Å². The molecule has 8 heteroatoms. The van der Waals surface area contributed by atoms with E-state index in [1.54, 1.807) is 31.3 Å². The molecule has 2 heterocycles. The Hall–Kier alpha value is -3.55. The minimum Gasteiger partial charge on any atom is -0.439 e. The van der Waals surface area contributed by atoms with Gasteiger partial charge in [0.25, 0.3) is 0 Å². The number of nitrogens with one attached hydrogen (secondary N) is 1. The molecule has 2 aromatic heterocycles. The summed E-state index contributed by atoms with van der Waals surface area (Å²) in [6.07, 6.45) is 1.57. The predicted molar refractivity (Wildman–Crippen MR) is 98.8 cm³/mol. The average molecular weight is 367 g/mol. The van der Waals surface area contributed by atoms with Crippen LogP contribution in [-0.4, -0.2) is 26.9 Å². The highest BCUT2D eigenvalue weighted by atomic mass is 19.1. The van der Waals surface area contributed by atoms with Gasteiger partial charge in [0, 0.05) is 29.6 Å². The number of amides is 1.